The van der Waals surface area contributed by atoms with Gasteiger partial charge in [0.15, 0.2) is 28.5 Å². The number of aromatic nitrogens is 2. The van der Waals surface area contributed by atoms with Gasteiger partial charge in [0.25, 0.3) is 11.8 Å². The Hall–Kier alpha value is -5.97. The number of ether oxygens (including phenoxy) is 2. The molecule has 0 amide bonds. The predicted molar refractivity (Wildman–Crippen MR) is 228 cm³/mol. The van der Waals surface area contributed by atoms with Crippen molar-refractivity contribution in [1.29, 1.82) is 0 Å². The van der Waals surface area contributed by atoms with Crippen LogP contribution >= 0.6 is 11.8 Å². The number of hydrogen-bond donors (Lipinski definition) is 2. The molecule has 0 fully saturated rings. The molecule has 0 bridgehead atoms. The van der Waals surface area contributed by atoms with Gasteiger partial charge in [-0.25, -0.2) is 0 Å². The Balaban J connectivity index is 0.000000188. The third kappa shape index (κ3) is 7.64. The fourth-order valence-electron chi connectivity index (χ4n) is 8.61. The predicted octanol–water partition coefficient (Wildman–Crippen LogP) is 6.61. The van der Waals surface area contributed by atoms with Crippen LogP contribution in [-0.4, -0.2) is 92.9 Å². The van der Waals surface area contributed by atoms with E-state index in [2.05, 4.69) is 10.3 Å². The lowest BCUT2D eigenvalue weighted by Crippen LogP contribution is -2.60. The van der Waals surface area contributed by atoms with E-state index in [0.29, 0.717) is 29.3 Å². The third-order valence-electron chi connectivity index (χ3n) is 11.6. The maximum atomic E-state index is 13.7. The monoisotopic (exact) mass is 860 g/mol. The minimum atomic E-state index is -2.23. The van der Waals surface area contributed by atoms with E-state index in [1.807, 2.05) is 115 Å². The van der Waals surface area contributed by atoms with Crippen LogP contribution in [0.2, 0.25) is 0 Å². The SMILES string of the molecule is C.CN(C)[C@@H]1c2onc(OCc3ccccc3)c2C(=O)[C@@]2(O)C(=O)C(Sc3ccccc3)=CC[C@@H]12.CN(C)[C@@H]1c2onc(OCc3ccccc3)c2C(=O)[C@@]2(O)C(=O)C=CC[C@@H]12. The van der Waals surface area contributed by atoms with Gasteiger partial charge in [0.2, 0.25) is 17.3 Å². The number of rotatable bonds is 10. The summed E-state index contributed by atoms with van der Waals surface area (Å²) in [5, 5.41) is 30.8. The second kappa shape index (κ2) is 17.8. The van der Waals surface area contributed by atoms with Gasteiger partial charge < -0.3 is 28.7 Å². The smallest absolute Gasteiger partial charge is 0.265 e. The van der Waals surface area contributed by atoms with Gasteiger partial charge in [0, 0.05) is 16.7 Å². The highest BCUT2D eigenvalue weighted by atomic mass is 32.2. The van der Waals surface area contributed by atoms with Crippen LogP contribution in [0.1, 0.15) is 75.7 Å². The Morgan fingerprint density at radius 3 is 1.60 bits per heavy atom. The average Bonchev–Trinajstić information content (AvgIpc) is 3.88. The minimum absolute atomic E-state index is 0. The van der Waals surface area contributed by atoms with Crippen molar-refractivity contribution in [2.75, 3.05) is 28.2 Å². The zero-order valence-corrected chi connectivity index (χ0v) is 34.7. The quantitative estimate of drug-likeness (QED) is 0.143. The highest BCUT2D eigenvalue weighted by Crippen LogP contribution is 2.52. The second-order valence-corrected chi connectivity index (χ2v) is 16.9. The largest absolute Gasteiger partial charge is 0.470 e. The number of Topliss-reactive ketones (excluding diaryl/α,β-unsaturated/α-hetero) is 3. The minimum Gasteiger partial charge on any atom is -0.470 e. The molecule has 15 heteroatoms. The van der Waals surface area contributed by atoms with Crippen LogP contribution in [0.4, 0.5) is 0 Å². The van der Waals surface area contributed by atoms with Gasteiger partial charge in [-0.05, 0) is 80.7 Å². The molecular weight excluding hydrogens is 813 g/mol. The molecule has 14 nitrogen and oxygen atoms in total. The molecule has 5 aromatic rings. The molecule has 2 heterocycles. The Kier molecular flexibility index (Phi) is 12.7. The lowest BCUT2D eigenvalue weighted by molar-refractivity contribution is -0.138. The van der Waals surface area contributed by atoms with E-state index in [1.165, 1.54) is 17.8 Å². The Morgan fingerprint density at radius 1 is 0.661 bits per heavy atom. The molecule has 9 rings (SSSR count). The van der Waals surface area contributed by atoms with E-state index in [1.54, 1.807) is 26.2 Å². The lowest BCUT2D eigenvalue weighted by Gasteiger charge is -2.45. The molecule has 0 spiro atoms. The molecule has 0 unspecified atom stereocenters. The van der Waals surface area contributed by atoms with Gasteiger partial charge in [0.1, 0.15) is 24.3 Å². The first kappa shape index (κ1) is 44.1. The maximum absolute atomic E-state index is 13.7. The van der Waals surface area contributed by atoms with Gasteiger partial charge in [-0.2, -0.15) is 0 Å². The number of thioether (sulfide) groups is 1. The molecule has 4 aliphatic rings. The topological polar surface area (TPSA) is 186 Å². The summed E-state index contributed by atoms with van der Waals surface area (Å²) >= 11 is 1.25. The van der Waals surface area contributed by atoms with Crippen LogP contribution in [0.3, 0.4) is 0 Å². The van der Waals surface area contributed by atoms with Crippen molar-refractivity contribution in [1.82, 2.24) is 20.1 Å². The van der Waals surface area contributed by atoms with Crippen molar-refractivity contribution in [2.45, 2.75) is 61.7 Å². The van der Waals surface area contributed by atoms with Crippen molar-refractivity contribution in [3.8, 4) is 11.8 Å². The number of carbonyl (C=O) groups excluding carboxylic acids is 4. The Morgan fingerprint density at radius 2 is 1.11 bits per heavy atom. The number of aliphatic hydroxyl groups is 2. The summed E-state index contributed by atoms with van der Waals surface area (Å²) in [4.78, 5) is 57.8. The molecular formula is C47H48N4O10S. The fourth-order valence-corrected chi connectivity index (χ4v) is 9.58. The first-order chi connectivity index (χ1) is 29.3. The molecule has 2 N–H and O–H groups in total. The van der Waals surface area contributed by atoms with E-state index >= 15 is 0 Å². The fraction of sp³-hybridized carbons (Fsp3) is 0.319. The van der Waals surface area contributed by atoms with Gasteiger partial charge in [0.05, 0.1) is 17.0 Å². The maximum Gasteiger partial charge on any atom is 0.265 e. The van der Waals surface area contributed by atoms with E-state index in [0.717, 1.165) is 16.0 Å². The molecule has 3 aromatic carbocycles. The van der Waals surface area contributed by atoms with E-state index in [4.69, 9.17) is 18.5 Å². The zero-order valence-electron chi connectivity index (χ0n) is 33.9. The van der Waals surface area contributed by atoms with Crippen LogP contribution in [0.15, 0.2) is 128 Å². The summed E-state index contributed by atoms with van der Waals surface area (Å²) in [6.07, 6.45) is 5.48. The number of benzene rings is 3. The van der Waals surface area contributed by atoms with Gasteiger partial charge in [-0.15, -0.1) is 0 Å². The van der Waals surface area contributed by atoms with E-state index in [9.17, 15) is 29.4 Å². The molecule has 4 aliphatic carbocycles. The highest BCUT2D eigenvalue weighted by molar-refractivity contribution is 8.04. The molecule has 0 aliphatic heterocycles. The standard InChI is InChI=1S/C26H24N2O5S.C20H20N2O5.CH4/c1-28(2)21-18-13-14-19(34-17-11-7-4-8-12-17)23(29)26(18,31)24(30)20-22(21)33-27-25(20)32-15-16-9-5-3-6-10-16;1-22(2)16-13-9-6-10-14(23)20(13,25)18(24)15-17(16)27-21-19(15)26-11-12-7-4-3-5-8-12;/h3-12,14,18,21,31H,13,15H2,1-2H3;3-8,10,13,16,25H,9,11H2,1-2H3;1H4/t18-,21-,26-;13-,16-,20-;/m00./s1. The van der Waals surface area contributed by atoms with Crippen LogP contribution in [0.25, 0.3) is 0 Å². The average molecular weight is 861 g/mol. The van der Waals surface area contributed by atoms with Gasteiger partial charge >= 0.3 is 0 Å². The van der Waals surface area contributed by atoms with E-state index < -0.39 is 58.3 Å². The number of nitrogens with zero attached hydrogens (tertiary/aromatic N) is 4. The summed E-state index contributed by atoms with van der Waals surface area (Å²) in [7, 11) is 7.25. The summed E-state index contributed by atoms with van der Waals surface area (Å²) < 4.78 is 22.6. The molecule has 6 atom stereocenters. The van der Waals surface area contributed by atoms with Crippen molar-refractivity contribution in [2.24, 2.45) is 11.8 Å². The Bertz CT molecular complexity index is 2520. The third-order valence-corrected chi connectivity index (χ3v) is 12.7. The molecule has 0 radical (unpaired) electrons. The number of fused-ring (bicyclic) bond motifs is 4. The summed E-state index contributed by atoms with van der Waals surface area (Å²) in [6, 6.07) is 27.3. The van der Waals surface area contributed by atoms with Crippen molar-refractivity contribution >= 4 is 34.9 Å². The van der Waals surface area contributed by atoms with Gasteiger partial charge in [-0.3, -0.25) is 29.0 Å². The van der Waals surface area contributed by atoms with Crippen LogP contribution in [0.5, 0.6) is 11.8 Å². The number of allylic oxidation sites excluding steroid dienone is 2. The van der Waals surface area contributed by atoms with E-state index in [-0.39, 0.29) is 43.5 Å². The molecule has 0 saturated carbocycles. The number of carbonyl (C=O) groups is 4. The summed E-state index contributed by atoms with van der Waals surface area (Å²) in [6.45, 7) is 0.361. The van der Waals surface area contributed by atoms with Crippen molar-refractivity contribution in [3.05, 3.63) is 148 Å². The number of hydrogen-bond acceptors (Lipinski definition) is 15. The molecule has 62 heavy (non-hydrogen) atoms. The molecule has 322 valence electrons. The zero-order chi connectivity index (χ0) is 43.1. The first-order valence-electron chi connectivity index (χ1n) is 19.7. The van der Waals surface area contributed by atoms with Crippen LogP contribution < -0.4 is 9.47 Å². The molecule has 2 aromatic heterocycles. The second-order valence-electron chi connectivity index (χ2n) is 15.8. The van der Waals surface area contributed by atoms with Gasteiger partial charge in [-0.1, -0.05) is 110 Å². The molecule has 0 saturated heterocycles. The summed E-state index contributed by atoms with van der Waals surface area (Å²) in [5.41, 5.74) is -2.49. The number of ketones is 4. The lowest BCUT2D eigenvalue weighted by atomic mass is 9.65. The highest BCUT2D eigenvalue weighted by Gasteiger charge is 2.63. The van der Waals surface area contributed by atoms with Crippen LogP contribution in [0, 0.1) is 11.8 Å². The summed E-state index contributed by atoms with van der Waals surface area (Å²) in [5.74, 6) is -3.36. The first-order valence-corrected chi connectivity index (χ1v) is 20.6. The Labute approximate surface area is 363 Å². The van der Waals surface area contributed by atoms with Crippen LogP contribution in [-0.2, 0) is 22.8 Å². The normalized spacial score (nSPS) is 24.8. The van der Waals surface area contributed by atoms with Crippen molar-refractivity contribution in [3.63, 3.8) is 0 Å². The van der Waals surface area contributed by atoms with Crippen molar-refractivity contribution < 1.29 is 47.9 Å².